The van der Waals surface area contributed by atoms with Crippen molar-refractivity contribution in [2.75, 3.05) is 39.6 Å². The highest BCUT2D eigenvalue weighted by Crippen LogP contribution is 2.27. The Kier molecular flexibility index (Phi) is 9.11. The topological polar surface area (TPSA) is 49.9 Å². The van der Waals surface area contributed by atoms with Gasteiger partial charge in [0, 0.05) is 38.2 Å². The average molecular weight is 459 g/mol. The summed E-state index contributed by atoms with van der Waals surface area (Å²) in [5.41, 5.74) is 0.992. The number of likely N-dealkylation sites (tertiary alicyclic amines) is 1. The molecule has 1 heterocycles. The number of ether oxygens (including phenoxy) is 1. The summed E-state index contributed by atoms with van der Waals surface area (Å²) in [6, 6.07) is 16.4. The molecule has 2 aromatic rings. The van der Waals surface area contributed by atoms with Gasteiger partial charge < -0.3 is 14.5 Å². The molecule has 0 saturated carbocycles. The number of rotatable bonds is 9. The number of hydrogen-bond acceptors (Lipinski definition) is 4. The molecule has 0 spiro atoms. The monoisotopic (exact) mass is 458 g/mol. The van der Waals surface area contributed by atoms with E-state index in [1.807, 2.05) is 42.3 Å². The van der Waals surface area contributed by atoms with E-state index in [9.17, 15) is 14.0 Å². The molecule has 2 aromatic carbocycles. The smallest absolute Gasteiger partial charge is 0.248 e. The van der Waals surface area contributed by atoms with Crippen LogP contribution in [0.25, 0.3) is 0 Å². The normalized spacial score (nSPS) is 15.4. The number of carbonyl (C=O) groups is 2. The van der Waals surface area contributed by atoms with Crippen molar-refractivity contribution in [2.24, 2.45) is 5.92 Å². The number of carbonyl (C=O) groups excluding carboxylic acids is 2. The molecule has 1 atom stereocenters. The molecule has 0 N–H and O–H groups in total. The Hall–Kier alpha value is -2.38. The number of benzene rings is 2. The number of methoxy groups -OCH3 is 1. The van der Waals surface area contributed by atoms with Gasteiger partial charge in [-0.25, -0.2) is 4.39 Å². The number of amides is 2. The number of likely N-dealkylation sites (N-methyl/N-ethyl adjacent to an activating group) is 1. The highest BCUT2D eigenvalue weighted by Gasteiger charge is 2.32. The lowest BCUT2D eigenvalue weighted by atomic mass is 9.85. The molecular weight excluding hydrogens is 427 g/mol. The molecule has 0 bridgehead atoms. The molecule has 1 fully saturated rings. The molecule has 0 aliphatic carbocycles. The fourth-order valence-electron chi connectivity index (χ4n) is 4.18. The molecule has 0 radical (unpaired) electrons. The molecule has 5 nitrogen and oxygen atoms in total. The van der Waals surface area contributed by atoms with Crippen LogP contribution in [0.5, 0.6) is 0 Å². The van der Waals surface area contributed by atoms with Crippen LogP contribution in [-0.4, -0.2) is 67.3 Å². The van der Waals surface area contributed by atoms with Crippen molar-refractivity contribution in [1.82, 2.24) is 9.80 Å². The average Bonchev–Trinajstić information content (AvgIpc) is 2.82. The van der Waals surface area contributed by atoms with Gasteiger partial charge in [0.25, 0.3) is 0 Å². The van der Waals surface area contributed by atoms with Gasteiger partial charge in [0.1, 0.15) is 12.4 Å². The lowest BCUT2D eigenvalue weighted by Gasteiger charge is -2.40. The maximum atomic E-state index is 13.3. The lowest BCUT2D eigenvalue weighted by molar-refractivity contribution is -0.138. The number of hydrogen-bond donors (Lipinski definition) is 0. The third kappa shape index (κ3) is 6.81. The Balaban J connectivity index is 1.60. The molecule has 0 aromatic heterocycles. The van der Waals surface area contributed by atoms with Crippen LogP contribution in [0.3, 0.4) is 0 Å². The Morgan fingerprint density at radius 3 is 2.41 bits per heavy atom. The predicted molar refractivity (Wildman–Crippen MR) is 125 cm³/mol. The minimum absolute atomic E-state index is 0.0287. The van der Waals surface area contributed by atoms with Crippen LogP contribution in [0, 0.1) is 11.7 Å². The van der Waals surface area contributed by atoms with Crippen LogP contribution in [0.15, 0.2) is 59.5 Å². The first-order valence-corrected chi connectivity index (χ1v) is 11.9. The summed E-state index contributed by atoms with van der Waals surface area (Å²) in [6.45, 7) is 1.40. The highest BCUT2D eigenvalue weighted by atomic mass is 32.2. The Morgan fingerprint density at radius 2 is 1.78 bits per heavy atom. The molecule has 0 unspecified atom stereocenters. The number of thioether (sulfide) groups is 1. The SMILES string of the molecule is COCC(=O)N(C)[C@@H](Cc1ccc(F)cc1)C1CCN(C(=O)CSc2ccccc2)CC1. The van der Waals surface area contributed by atoms with Gasteiger partial charge in [0.05, 0.1) is 5.75 Å². The van der Waals surface area contributed by atoms with Crippen LogP contribution in [-0.2, 0) is 20.7 Å². The third-order valence-corrected chi connectivity index (χ3v) is 7.06. The first kappa shape index (κ1) is 24.3. The first-order valence-electron chi connectivity index (χ1n) is 10.9. The van der Waals surface area contributed by atoms with Crippen molar-refractivity contribution in [3.05, 3.63) is 66.0 Å². The second-order valence-electron chi connectivity index (χ2n) is 8.16. The summed E-state index contributed by atoms with van der Waals surface area (Å²) < 4.78 is 18.4. The number of piperidine rings is 1. The minimum atomic E-state index is -0.269. The number of halogens is 1. The fraction of sp³-hybridized carbons (Fsp3) is 0.440. The molecule has 172 valence electrons. The summed E-state index contributed by atoms with van der Waals surface area (Å²) in [4.78, 5) is 30.0. The lowest BCUT2D eigenvalue weighted by Crippen LogP contribution is -2.49. The van der Waals surface area contributed by atoms with E-state index in [1.165, 1.54) is 19.2 Å². The maximum absolute atomic E-state index is 13.3. The van der Waals surface area contributed by atoms with Crippen LogP contribution in [0.2, 0.25) is 0 Å². The van der Waals surface area contributed by atoms with E-state index in [-0.39, 0.29) is 36.2 Å². The molecular formula is C25H31FN2O3S. The Morgan fingerprint density at radius 1 is 1.12 bits per heavy atom. The van der Waals surface area contributed by atoms with Gasteiger partial charge in [-0.2, -0.15) is 0 Å². The van der Waals surface area contributed by atoms with Gasteiger partial charge in [-0.3, -0.25) is 9.59 Å². The van der Waals surface area contributed by atoms with Gasteiger partial charge in [-0.1, -0.05) is 30.3 Å². The van der Waals surface area contributed by atoms with Crippen LogP contribution >= 0.6 is 11.8 Å². The summed E-state index contributed by atoms with van der Waals surface area (Å²) in [7, 11) is 3.32. The van der Waals surface area contributed by atoms with Crippen molar-refractivity contribution in [1.29, 1.82) is 0 Å². The standard InChI is InChI=1S/C25H31FN2O3S/c1-27(24(29)17-31-2)23(16-19-8-10-21(26)11-9-19)20-12-14-28(15-13-20)25(30)18-32-22-6-4-3-5-7-22/h3-11,20,23H,12-18H2,1-2H3/t23-/m0/s1. The van der Waals surface area contributed by atoms with Gasteiger partial charge in [-0.05, 0) is 55.0 Å². The zero-order valence-corrected chi connectivity index (χ0v) is 19.5. The first-order chi connectivity index (χ1) is 15.5. The van der Waals surface area contributed by atoms with Gasteiger partial charge >= 0.3 is 0 Å². The minimum Gasteiger partial charge on any atom is -0.375 e. The van der Waals surface area contributed by atoms with E-state index in [2.05, 4.69) is 0 Å². The zero-order valence-electron chi connectivity index (χ0n) is 18.7. The van der Waals surface area contributed by atoms with Crippen LogP contribution in [0.1, 0.15) is 18.4 Å². The maximum Gasteiger partial charge on any atom is 0.248 e. The van der Waals surface area contributed by atoms with E-state index < -0.39 is 0 Å². The van der Waals surface area contributed by atoms with E-state index in [0.717, 1.165) is 23.3 Å². The van der Waals surface area contributed by atoms with E-state index in [4.69, 9.17) is 4.74 Å². The molecule has 1 aliphatic rings. The van der Waals surface area contributed by atoms with Crippen molar-refractivity contribution < 1.29 is 18.7 Å². The molecule has 3 rings (SSSR count). The molecule has 1 aliphatic heterocycles. The Labute approximate surface area is 193 Å². The highest BCUT2D eigenvalue weighted by molar-refractivity contribution is 8.00. The summed E-state index contributed by atoms with van der Waals surface area (Å²) in [5, 5.41) is 0. The largest absolute Gasteiger partial charge is 0.375 e. The zero-order chi connectivity index (χ0) is 22.9. The number of nitrogens with zero attached hydrogens (tertiary/aromatic N) is 2. The summed E-state index contributed by atoms with van der Waals surface area (Å²) >= 11 is 1.56. The predicted octanol–water partition coefficient (Wildman–Crippen LogP) is 3.87. The van der Waals surface area contributed by atoms with Gasteiger partial charge in [0.15, 0.2) is 0 Å². The summed E-state index contributed by atoms with van der Waals surface area (Å²) in [6.07, 6.45) is 2.31. The fourth-order valence-corrected chi connectivity index (χ4v) is 5.00. The summed E-state index contributed by atoms with van der Waals surface area (Å²) in [5.74, 6) is 0.500. The van der Waals surface area contributed by atoms with E-state index in [0.29, 0.717) is 25.3 Å². The molecule has 1 saturated heterocycles. The van der Waals surface area contributed by atoms with Crippen LogP contribution < -0.4 is 0 Å². The third-order valence-electron chi connectivity index (χ3n) is 6.06. The second-order valence-corrected chi connectivity index (χ2v) is 9.20. The van der Waals surface area contributed by atoms with Crippen molar-refractivity contribution in [3.63, 3.8) is 0 Å². The molecule has 2 amide bonds. The van der Waals surface area contributed by atoms with Crippen molar-refractivity contribution in [2.45, 2.75) is 30.2 Å². The molecule has 7 heteroatoms. The van der Waals surface area contributed by atoms with Crippen molar-refractivity contribution in [3.8, 4) is 0 Å². The van der Waals surface area contributed by atoms with E-state index in [1.54, 1.807) is 28.8 Å². The van der Waals surface area contributed by atoms with Crippen molar-refractivity contribution >= 4 is 23.6 Å². The quantitative estimate of drug-likeness (QED) is 0.536. The molecule has 32 heavy (non-hydrogen) atoms. The van der Waals surface area contributed by atoms with Crippen LogP contribution in [0.4, 0.5) is 4.39 Å². The van der Waals surface area contributed by atoms with Gasteiger partial charge in [0.2, 0.25) is 11.8 Å². The Bertz CT molecular complexity index is 871. The second kappa shape index (κ2) is 12.0. The van der Waals surface area contributed by atoms with Gasteiger partial charge in [-0.15, -0.1) is 11.8 Å². The van der Waals surface area contributed by atoms with E-state index >= 15 is 0 Å².